The fourth-order valence-corrected chi connectivity index (χ4v) is 6.05. The molecule has 1 unspecified atom stereocenters. The molecule has 22 heavy (non-hydrogen) atoms. The number of hydrogen-bond acceptors (Lipinski definition) is 1. The van der Waals surface area contributed by atoms with Crippen molar-refractivity contribution in [3.05, 3.63) is 35.5 Å². The largest absolute Gasteiger partial charge is 0.347 e. The molecule has 2 heteroatoms. The number of rotatable bonds is 1. The van der Waals surface area contributed by atoms with Crippen LogP contribution in [0.3, 0.4) is 0 Å². The molecule has 0 N–H and O–H groups in total. The summed E-state index contributed by atoms with van der Waals surface area (Å²) in [5, 5.41) is 1.51. The Morgan fingerprint density at radius 1 is 1.18 bits per heavy atom. The average Bonchev–Trinajstić information content (AvgIpc) is 2.78. The number of para-hydroxylation sites is 1. The number of fused-ring (bicyclic) bond motifs is 4. The standard InChI is InChI=1S/C20H26N2/c1-3-14-10-13-11-17-19(14)22(12-13)9-8-16-15-6-4-5-7-18(15)21(2)20(16)17/h4-7,13-14,17,19H,3,8-12H2,1-2H3/t13-,14+,17-,19+/m1/s1. The molecule has 0 spiro atoms. The van der Waals surface area contributed by atoms with Crippen LogP contribution in [0.2, 0.25) is 0 Å². The van der Waals surface area contributed by atoms with E-state index in [2.05, 4.69) is 47.7 Å². The lowest BCUT2D eigenvalue weighted by molar-refractivity contribution is -0.0140. The van der Waals surface area contributed by atoms with E-state index in [1.807, 2.05) is 0 Å². The molecular formula is C20H26N2. The minimum atomic E-state index is 0.771. The van der Waals surface area contributed by atoms with Crippen molar-refractivity contribution in [1.82, 2.24) is 9.47 Å². The van der Waals surface area contributed by atoms with Crippen LogP contribution in [-0.4, -0.2) is 28.6 Å². The average molecular weight is 294 g/mol. The summed E-state index contributed by atoms with van der Waals surface area (Å²) in [6.45, 7) is 5.04. The van der Waals surface area contributed by atoms with E-state index in [-0.39, 0.29) is 0 Å². The van der Waals surface area contributed by atoms with Gasteiger partial charge in [-0.15, -0.1) is 0 Å². The maximum Gasteiger partial charge on any atom is 0.0482 e. The van der Waals surface area contributed by atoms with E-state index in [0.29, 0.717) is 0 Å². The molecule has 2 saturated heterocycles. The molecule has 2 aromatic rings. The van der Waals surface area contributed by atoms with Crippen LogP contribution in [-0.2, 0) is 13.5 Å². The van der Waals surface area contributed by atoms with Gasteiger partial charge in [-0.3, -0.25) is 4.90 Å². The molecule has 5 atom stereocenters. The summed E-state index contributed by atoms with van der Waals surface area (Å²) < 4.78 is 2.53. The lowest BCUT2D eigenvalue weighted by Gasteiger charge is -2.53. The van der Waals surface area contributed by atoms with Crippen LogP contribution in [0.25, 0.3) is 10.9 Å². The Morgan fingerprint density at radius 2 is 2.05 bits per heavy atom. The minimum absolute atomic E-state index is 0.771. The van der Waals surface area contributed by atoms with Crippen LogP contribution in [0.4, 0.5) is 0 Å². The first-order chi connectivity index (χ1) is 10.8. The summed E-state index contributed by atoms with van der Waals surface area (Å²) in [6, 6.07) is 9.85. The predicted octanol–water partition coefficient (Wildman–Crippen LogP) is 3.94. The Labute approximate surface area is 133 Å². The molecule has 116 valence electrons. The van der Waals surface area contributed by atoms with Crippen molar-refractivity contribution in [3.63, 3.8) is 0 Å². The van der Waals surface area contributed by atoms with Crippen LogP contribution in [0, 0.1) is 11.8 Å². The van der Waals surface area contributed by atoms with Crippen molar-refractivity contribution in [3.8, 4) is 0 Å². The number of nitrogens with zero attached hydrogens (tertiary/aromatic N) is 2. The van der Waals surface area contributed by atoms with E-state index < -0.39 is 0 Å². The minimum Gasteiger partial charge on any atom is -0.347 e. The summed E-state index contributed by atoms with van der Waals surface area (Å²) in [5.41, 5.74) is 4.78. The molecule has 6 rings (SSSR count). The Bertz CT molecular complexity index is 729. The van der Waals surface area contributed by atoms with E-state index in [9.17, 15) is 0 Å². The third-order valence-electron chi connectivity index (χ3n) is 6.82. The lowest BCUT2D eigenvalue weighted by Crippen LogP contribution is -2.56. The van der Waals surface area contributed by atoms with Crippen LogP contribution in [0.5, 0.6) is 0 Å². The molecule has 0 amide bonds. The normalized spacial score (nSPS) is 36.4. The van der Waals surface area contributed by atoms with Gasteiger partial charge >= 0.3 is 0 Å². The summed E-state index contributed by atoms with van der Waals surface area (Å²) in [4.78, 5) is 2.85. The molecule has 3 aliphatic heterocycles. The predicted molar refractivity (Wildman–Crippen MR) is 91.2 cm³/mol. The molecule has 1 aliphatic carbocycles. The molecule has 4 aliphatic rings. The smallest absolute Gasteiger partial charge is 0.0482 e. The van der Waals surface area contributed by atoms with E-state index in [1.165, 1.54) is 49.7 Å². The highest BCUT2D eigenvalue weighted by Crippen LogP contribution is 2.51. The summed E-state index contributed by atoms with van der Waals surface area (Å²) in [6.07, 6.45) is 5.50. The fourth-order valence-electron chi connectivity index (χ4n) is 6.05. The number of hydrogen-bond donors (Lipinski definition) is 0. The van der Waals surface area contributed by atoms with Gasteiger partial charge in [0, 0.05) is 48.7 Å². The van der Waals surface area contributed by atoms with Gasteiger partial charge in [-0.25, -0.2) is 0 Å². The zero-order valence-electron chi connectivity index (χ0n) is 13.8. The highest BCUT2D eigenvalue weighted by Gasteiger charge is 2.49. The van der Waals surface area contributed by atoms with Crippen molar-refractivity contribution >= 4 is 10.9 Å². The van der Waals surface area contributed by atoms with Crippen molar-refractivity contribution in [2.75, 3.05) is 13.1 Å². The highest BCUT2D eigenvalue weighted by atomic mass is 15.2. The van der Waals surface area contributed by atoms with Gasteiger partial charge in [-0.1, -0.05) is 31.5 Å². The van der Waals surface area contributed by atoms with Gasteiger partial charge in [0.2, 0.25) is 0 Å². The summed E-state index contributed by atoms with van der Waals surface area (Å²) in [7, 11) is 2.31. The zero-order valence-corrected chi connectivity index (χ0v) is 13.8. The van der Waals surface area contributed by atoms with Gasteiger partial charge in [0.25, 0.3) is 0 Å². The molecule has 4 bridgehead atoms. The monoisotopic (exact) mass is 294 g/mol. The molecule has 4 heterocycles. The molecule has 1 aromatic carbocycles. The number of aryl methyl sites for hydroxylation is 1. The second-order valence-corrected chi connectivity index (χ2v) is 7.79. The summed E-state index contributed by atoms with van der Waals surface area (Å²) in [5.74, 6) is 2.62. The van der Waals surface area contributed by atoms with E-state index in [4.69, 9.17) is 0 Å². The van der Waals surface area contributed by atoms with Gasteiger partial charge in [0.05, 0.1) is 0 Å². The van der Waals surface area contributed by atoms with Gasteiger partial charge in [0.1, 0.15) is 0 Å². The van der Waals surface area contributed by atoms with E-state index >= 15 is 0 Å². The first kappa shape index (κ1) is 13.2. The van der Waals surface area contributed by atoms with Crippen molar-refractivity contribution in [2.24, 2.45) is 18.9 Å². The maximum atomic E-state index is 2.85. The van der Waals surface area contributed by atoms with E-state index in [0.717, 1.165) is 23.8 Å². The molecular weight excluding hydrogens is 268 g/mol. The van der Waals surface area contributed by atoms with Crippen molar-refractivity contribution in [1.29, 1.82) is 0 Å². The Morgan fingerprint density at radius 3 is 2.91 bits per heavy atom. The lowest BCUT2D eigenvalue weighted by atomic mass is 9.65. The second kappa shape index (κ2) is 4.61. The molecule has 0 radical (unpaired) electrons. The summed E-state index contributed by atoms with van der Waals surface area (Å²) >= 11 is 0. The fraction of sp³-hybridized carbons (Fsp3) is 0.600. The third-order valence-corrected chi connectivity index (χ3v) is 6.82. The topological polar surface area (TPSA) is 8.17 Å². The SMILES string of the molecule is CC[C@H]1C[C@@H]2C[C@H]3c4c(c5ccccc5n4C)CCN(C2)[C@@H]13. The second-order valence-electron chi connectivity index (χ2n) is 7.79. The van der Waals surface area contributed by atoms with Crippen molar-refractivity contribution < 1.29 is 0 Å². The first-order valence-electron chi connectivity index (χ1n) is 9.08. The Hall–Kier alpha value is -1.28. The quantitative estimate of drug-likeness (QED) is 0.773. The highest BCUT2D eigenvalue weighted by molar-refractivity contribution is 5.86. The third kappa shape index (κ3) is 1.59. The van der Waals surface area contributed by atoms with Crippen LogP contribution in [0.15, 0.2) is 24.3 Å². The van der Waals surface area contributed by atoms with Gasteiger partial charge in [-0.2, -0.15) is 0 Å². The van der Waals surface area contributed by atoms with Gasteiger partial charge in [-0.05, 0) is 42.7 Å². The van der Waals surface area contributed by atoms with Gasteiger partial charge < -0.3 is 4.57 Å². The van der Waals surface area contributed by atoms with Gasteiger partial charge in [0.15, 0.2) is 0 Å². The van der Waals surface area contributed by atoms with Crippen LogP contribution >= 0.6 is 0 Å². The molecule has 1 aromatic heterocycles. The Kier molecular flexibility index (Phi) is 2.76. The number of aromatic nitrogens is 1. The molecule has 1 saturated carbocycles. The number of piperidine rings is 2. The zero-order chi connectivity index (χ0) is 14.8. The van der Waals surface area contributed by atoms with E-state index in [1.54, 1.807) is 11.3 Å². The Balaban J connectivity index is 1.73. The van der Waals surface area contributed by atoms with Crippen molar-refractivity contribution in [2.45, 2.75) is 44.6 Å². The first-order valence-corrected chi connectivity index (χ1v) is 9.08. The number of benzene rings is 1. The molecule has 2 nitrogen and oxygen atoms in total. The molecule has 3 fully saturated rings. The van der Waals surface area contributed by atoms with Crippen LogP contribution < -0.4 is 0 Å². The van der Waals surface area contributed by atoms with Crippen LogP contribution in [0.1, 0.15) is 43.4 Å². The maximum absolute atomic E-state index is 2.85.